The Morgan fingerprint density at radius 2 is 1.90 bits per heavy atom. The van der Waals surface area contributed by atoms with Crippen molar-refractivity contribution in [3.63, 3.8) is 0 Å². The number of rotatable bonds is 5. The zero-order valence-electron chi connectivity index (χ0n) is 16.7. The lowest BCUT2D eigenvalue weighted by molar-refractivity contribution is -0.136. The Labute approximate surface area is 183 Å². The standard InChI is InChI=1S/C22H21ClF2N2O4/c23-16-2-1-3-17(11-16)30-13-20(28)26-8-6-22(7-9-26)14-27(21(29)31-22)12-15-4-5-18(24)19(25)10-15/h1-5,10-11H,6-9,12-14H2. The first-order valence-electron chi connectivity index (χ1n) is 9.92. The predicted octanol–water partition coefficient (Wildman–Crippen LogP) is 4.01. The lowest BCUT2D eigenvalue weighted by Gasteiger charge is -2.37. The summed E-state index contributed by atoms with van der Waals surface area (Å²) in [7, 11) is 0. The molecule has 0 aliphatic carbocycles. The quantitative estimate of drug-likeness (QED) is 0.690. The molecule has 2 aliphatic rings. The number of benzene rings is 2. The molecule has 9 heteroatoms. The van der Waals surface area contributed by atoms with E-state index in [1.54, 1.807) is 29.2 Å². The molecule has 2 aromatic carbocycles. The Morgan fingerprint density at radius 3 is 2.61 bits per heavy atom. The van der Waals surface area contributed by atoms with Crippen LogP contribution in [0.1, 0.15) is 18.4 Å². The molecule has 2 heterocycles. The van der Waals surface area contributed by atoms with E-state index in [2.05, 4.69) is 0 Å². The second-order valence-corrected chi connectivity index (χ2v) is 8.22. The molecule has 1 spiro atoms. The van der Waals surface area contributed by atoms with Crippen molar-refractivity contribution in [1.29, 1.82) is 0 Å². The van der Waals surface area contributed by atoms with Crippen LogP contribution in [-0.4, -0.2) is 53.6 Å². The summed E-state index contributed by atoms with van der Waals surface area (Å²) >= 11 is 5.91. The minimum atomic E-state index is -0.952. The van der Waals surface area contributed by atoms with Gasteiger partial charge in [0.2, 0.25) is 0 Å². The first-order chi connectivity index (χ1) is 14.8. The molecule has 0 N–H and O–H groups in total. The van der Waals surface area contributed by atoms with Crippen molar-refractivity contribution in [3.05, 3.63) is 64.7 Å². The van der Waals surface area contributed by atoms with Crippen molar-refractivity contribution in [1.82, 2.24) is 9.80 Å². The monoisotopic (exact) mass is 450 g/mol. The molecule has 2 saturated heterocycles. The summed E-state index contributed by atoms with van der Waals surface area (Å²) in [5.41, 5.74) is -0.195. The van der Waals surface area contributed by atoms with Gasteiger partial charge in [0, 0.05) is 37.5 Å². The van der Waals surface area contributed by atoms with Gasteiger partial charge in [-0.2, -0.15) is 0 Å². The van der Waals surface area contributed by atoms with Crippen molar-refractivity contribution in [2.24, 2.45) is 0 Å². The molecule has 164 valence electrons. The van der Waals surface area contributed by atoms with Crippen molar-refractivity contribution in [2.75, 3.05) is 26.2 Å². The van der Waals surface area contributed by atoms with Crippen molar-refractivity contribution in [3.8, 4) is 5.75 Å². The topological polar surface area (TPSA) is 59.1 Å². The maximum atomic E-state index is 13.4. The molecule has 0 saturated carbocycles. The van der Waals surface area contributed by atoms with Crippen LogP contribution in [0.5, 0.6) is 5.75 Å². The Balaban J connectivity index is 1.29. The van der Waals surface area contributed by atoms with Gasteiger partial charge in [-0.05, 0) is 35.9 Å². The number of hydrogen-bond donors (Lipinski definition) is 0. The highest BCUT2D eigenvalue weighted by atomic mass is 35.5. The second kappa shape index (κ2) is 8.70. The fraction of sp³-hybridized carbons (Fsp3) is 0.364. The molecular weight excluding hydrogens is 430 g/mol. The van der Waals surface area contributed by atoms with Crippen LogP contribution >= 0.6 is 11.6 Å². The molecule has 2 aromatic rings. The van der Waals surface area contributed by atoms with Gasteiger partial charge >= 0.3 is 6.09 Å². The number of nitrogens with zero attached hydrogens (tertiary/aromatic N) is 2. The minimum absolute atomic E-state index is 0.102. The van der Waals surface area contributed by atoms with Crippen LogP contribution in [0, 0.1) is 11.6 Å². The summed E-state index contributed by atoms with van der Waals surface area (Å²) in [6, 6.07) is 10.4. The average Bonchev–Trinajstić information content (AvgIpc) is 3.04. The summed E-state index contributed by atoms with van der Waals surface area (Å²) in [5, 5.41) is 0.529. The Hall–Kier alpha value is -2.87. The molecule has 31 heavy (non-hydrogen) atoms. The molecule has 2 fully saturated rings. The van der Waals surface area contributed by atoms with E-state index in [0.29, 0.717) is 48.8 Å². The molecule has 0 atom stereocenters. The van der Waals surface area contributed by atoms with E-state index in [4.69, 9.17) is 21.1 Å². The molecule has 0 unspecified atom stereocenters. The third-order valence-corrected chi connectivity index (χ3v) is 5.82. The molecule has 0 aromatic heterocycles. The SMILES string of the molecule is O=C(COc1cccc(Cl)c1)N1CCC2(CC1)CN(Cc1ccc(F)c(F)c1)C(=O)O2. The summed E-state index contributed by atoms with van der Waals surface area (Å²) in [5.74, 6) is -1.52. The first-order valence-corrected chi connectivity index (χ1v) is 10.3. The van der Waals surface area contributed by atoms with Crippen LogP contribution in [0.15, 0.2) is 42.5 Å². The molecule has 2 amide bonds. The van der Waals surface area contributed by atoms with E-state index in [9.17, 15) is 18.4 Å². The van der Waals surface area contributed by atoms with Gasteiger partial charge in [-0.15, -0.1) is 0 Å². The lowest BCUT2D eigenvalue weighted by atomic mass is 9.91. The number of carbonyl (C=O) groups is 2. The smallest absolute Gasteiger partial charge is 0.410 e. The van der Waals surface area contributed by atoms with Gasteiger partial charge in [-0.1, -0.05) is 23.7 Å². The lowest BCUT2D eigenvalue weighted by Crippen LogP contribution is -2.49. The summed E-state index contributed by atoms with van der Waals surface area (Å²) in [6.45, 7) is 1.24. The second-order valence-electron chi connectivity index (χ2n) is 7.78. The number of piperidine rings is 1. The van der Waals surface area contributed by atoms with Crippen LogP contribution in [0.3, 0.4) is 0 Å². The van der Waals surface area contributed by atoms with Crippen LogP contribution < -0.4 is 4.74 Å². The molecule has 0 radical (unpaired) electrons. The Morgan fingerprint density at radius 1 is 1.13 bits per heavy atom. The largest absolute Gasteiger partial charge is 0.484 e. The third-order valence-electron chi connectivity index (χ3n) is 5.58. The van der Waals surface area contributed by atoms with Gasteiger partial charge in [0.15, 0.2) is 18.2 Å². The van der Waals surface area contributed by atoms with Crippen molar-refractivity contribution < 1.29 is 27.8 Å². The van der Waals surface area contributed by atoms with E-state index >= 15 is 0 Å². The maximum absolute atomic E-state index is 13.4. The number of ether oxygens (including phenoxy) is 2. The maximum Gasteiger partial charge on any atom is 0.410 e. The van der Waals surface area contributed by atoms with E-state index in [-0.39, 0.29) is 19.1 Å². The Bertz CT molecular complexity index is 995. The summed E-state index contributed by atoms with van der Waals surface area (Å²) in [4.78, 5) is 28.0. The zero-order valence-corrected chi connectivity index (χ0v) is 17.4. The highest BCUT2D eigenvalue weighted by Gasteiger charge is 2.47. The van der Waals surface area contributed by atoms with Crippen molar-refractivity contribution in [2.45, 2.75) is 25.0 Å². The fourth-order valence-electron chi connectivity index (χ4n) is 3.89. The number of halogens is 3. The molecule has 4 rings (SSSR count). The number of carbonyl (C=O) groups excluding carboxylic acids is 2. The minimum Gasteiger partial charge on any atom is -0.484 e. The van der Waals surface area contributed by atoms with Crippen LogP contribution in [-0.2, 0) is 16.1 Å². The first kappa shape index (κ1) is 21.4. The van der Waals surface area contributed by atoms with Gasteiger partial charge in [0.1, 0.15) is 11.4 Å². The van der Waals surface area contributed by atoms with Gasteiger partial charge in [0.05, 0.1) is 6.54 Å². The highest BCUT2D eigenvalue weighted by molar-refractivity contribution is 6.30. The van der Waals surface area contributed by atoms with Crippen molar-refractivity contribution >= 4 is 23.6 Å². The van der Waals surface area contributed by atoms with Gasteiger partial charge < -0.3 is 14.4 Å². The molecule has 0 bridgehead atoms. The average molecular weight is 451 g/mol. The van der Waals surface area contributed by atoms with Crippen LogP contribution in [0.25, 0.3) is 0 Å². The zero-order chi connectivity index (χ0) is 22.0. The molecule has 2 aliphatic heterocycles. The number of hydrogen-bond acceptors (Lipinski definition) is 4. The molecule has 6 nitrogen and oxygen atoms in total. The summed E-state index contributed by atoms with van der Waals surface area (Å²) < 4.78 is 37.7. The van der Waals surface area contributed by atoms with E-state index < -0.39 is 23.3 Å². The number of likely N-dealkylation sites (tertiary alicyclic amines) is 1. The van der Waals surface area contributed by atoms with Gasteiger partial charge in [-0.25, -0.2) is 13.6 Å². The fourth-order valence-corrected chi connectivity index (χ4v) is 4.07. The van der Waals surface area contributed by atoms with Gasteiger partial charge in [0.25, 0.3) is 5.91 Å². The van der Waals surface area contributed by atoms with Crippen LogP contribution in [0.4, 0.5) is 13.6 Å². The molecular formula is C22H21ClF2N2O4. The van der Waals surface area contributed by atoms with Gasteiger partial charge in [-0.3, -0.25) is 9.69 Å². The Kier molecular flexibility index (Phi) is 6.00. The normalized spacial score (nSPS) is 17.7. The van der Waals surface area contributed by atoms with E-state index in [0.717, 1.165) is 12.1 Å². The third kappa shape index (κ3) is 4.90. The van der Waals surface area contributed by atoms with E-state index in [1.807, 2.05) is 0 Å². The van der Waals surface area contributed by atoms with Crippen LogP contribution in [0.2, 0.25) is 5.02 Å². The van der Waals surface area contributed by atoms with E-state index in [1.165, 1.54) is 11.0 Å². The summed E-state index contributed by atoms with van der Waals surface area (Å²) in [6.07, 6.45) is 0.500. The predicted molar refractivity (Wildman–Crippen MR) is 109 cm³/mol. The highest BCUT2D eigenvalue weighted by Crippen LogP contribution is 2.34. The number of amides is 2.